The van der Waals surface area contributed by atoms with E-state index in [-0.39, 0.29) is 24.5 Å². The van der Waals surface area contributed by atoms with Gasteiger partial charge in [0.1, 0.15) is 11.8 Å². The Morgan fingerprint density at radius 2 is 1.76 bits per heavy atom. The van der Waals surface area contributed by atoms with Crippen molar-refractivity contribution in [1.82, 2.24) is 0 Å². The van der Waals surface area contributed by atoms with Crippen LogP contribution in [0, 0.1) is 0 Å². The van der Waals surface area contributed by atoms with E-state index in [1.165, 1.54) is 0 Å². The van der Waals surface area contributed by atoms with Crippen molar-refractivity contribution in [2.75, 3.05) is 6.61 Å². The zero-order valence-corrected chi connectivity index (χ0v) is 16.0. The molecule has 6 nitrogen and oxygen atoms in total. The van der Waals surface area contributed by atoms with Crippen molar-refractivity contribution < 1.29 is 23.8 Å². The van der Waals surface area contributed by atoms with Gasteiger partial charge in [-0.15, -0.1) is 0 Å². The van der Waals surface area contributed by atoms with Gasteiger partial charge in [0.25, 0.3) is 0 Å². The lowest BCUT2D eigenvalue weighted by atomic mass is 10.1. The van der Waals surface area contributed by atoms with Crippen LogP contribution in [0.3, 0.4) is 0 Å². The second kappa shape index (κ2) is 8.51. The number of rotatable bonds is 5. The summed E-state index contributed by atoms with van der Waals surface area (Å²) < 4.78 is 17.1. The summed E-state index contributed by atoms with van der Waals surface area (Å²) >= 11 is 0. The Labute approximate surface area is 168 Å². The Morgan fingerprint density at radius 1 is 1.07 bits per heavy atom. The van der Waals surface area contributed by atoms with Crippen LogP contribution in [0.4, 0.5) is 0 Å². The average Bonchev–Trinajstić information content (AvgIpc) is 2.75. The molecule has 0 radical (unpaired) electrons. The van der Waals surface area contributed by atoms with E-state index in [0.717, 1.165) is 5.56 Å². The summed E-state index contributed by atoms with van der Waals surface area (Å²) in [5.74, 6) is -0.593. The summed E-state index contributed by atoms with van der Waals surface area (Å²) in [5.41, 5.74) is 2.19. The lowest BCUT2D eigenvalue weighted by Gasteiger charge is -2.37. The van der Waals surface area contributed by atoms with Gasteiger partial charge in [0.15, 0.2) is 18.2 Å². The molecule has 148 valence electrons. The number of carbonyl (C=O) groups excluding carboxylic acids is 2. The number of ketones is 1. The maximum absolute atomic E-state index is 12.3. The van der Waals surface area contributed by atoms with Gasteiger partial charge >= 0.3 is 5.97 Å². The standard InChI is InChI=1S/C23H21NO5/c1-15(12-19(25)16-8-4-2-5-9-16)24-18-13-20-21(28-22(18)26)14-27-23(29-20)17-10-6-3-7-11-17/h2-11,13,20-21,23H,12,14H2,1H3. The quantitative estimate of drug-likeness (QED) is 0.442. The molecule has 3 unspecified atom stereocenters. The SMILES string of the molecule is CC(CC(=O)c1ccccc1)=NC1=CC2OC(c3ccccc3)OCC2OC1=O. The number of aliphatic imine (C=N–C) groups is 1. The molecule has 2 aliphatic heterocycles. The number of nitrogens with zero attached hydrogens (tertiary/aromatic N) is 1. The number of hydrogen-bond acceptors (Lipinski definition) is 6. The van der Waals surface area contributed by atoms with Crippen LogP contribution in [0.1, 0.15) is 35.6 Å². The lowest BCUT2D eigenvalue weighted by molar-refractivity contribution is -0.252. The van der Waals surface area contributed by atoms with Crippen LogP contribution >= 0.6 is 0 Å². The minimum Gasteiger partial charge on any atom is -0.452 e. The Morgan fingerprint density at radius 3 is 2.48 bits per heavy atom. The topological polar surface area (TPSA) is 74.2 Å². The number of ether oxygens (including phenoxy) is 3. The van der Waals surface area contributed by atoms with E-state index >= 15 is 0 Å². The number of benzene rings is 2. The van der Waals surface area contributed by atoms with Gasteiger partial charge in [0.05, 0.1) is 6.61 Å². The van der Waals surface area contributed by atoms with Crippen molar-refractivity contribution >= 4 is 17.5 Å². The molecule has 29 heavy (non-hydrogen) atoms. The predicted molar refractivity (Wildman–Crippen MR) is 106 cm³/mol. The zero-order valence-electron chi connectivity index (χ0n) is 16.0. The van der Waals surface area contributed by atoms with E-state index in [1.807, 2.05) is 48.5 Å². The van der Waals surface area contributed by atoms with Crippen molar-refractivity contribution in [3.8, 4) is 0 Å². The average molecular weight is 391 g/mol. The van der Waals surface area contributed by atoms with Crippen LogP contribution in [0.2, 0.25) is 0 Å². The first kappa shape index (κ1) is 19.2. The molecule has 0 N–H and O–H groups in total. The van der Waals surface area contributed by atoms with Gasteiger partial charge in [-0.25, -0.2) is 4.79 Å². The molecule has 0 saturated carbocycles. The molecule has 1 saturated heterocycles. The minimum atomic E-state index is -0.539. The van der Waals surface area contributed by atoms with Crippen LogP contribution in [0.25, 0.3) is 0 Å². The fraction of sp³-hybridized carbons (Fsp3) is 0.261. The molecular weight excluding hydrogens is 370 g/mol. The molecule has 3 atom stereocenters. The zero-order chi connectivity index (χ0) is 20.2. The minimum absolute atomic E-state index is 0.0547. The van der Waals surface area contributed by atoms with Crippen molar-refractivity contribution in [2.24, 2.45) is 4.99 Å². The van der Waals surface area contributed by atoms with Gasteiger partial charge in [0, 0.05) is 23.3 Å². The largest absolute Gasteiger partial charge is 0.452 e. The van der Waals surface area contributed by atoms with E-state index in [2.05, 4.69) is 4.99 Å². The van der Waals surface area contributed by atoms with E-state index in [9.17, 15) is 9.59 Å². The van der Waals surface area contributed by atoms with Crippen LogP contribution in [0.15, 0.2) is 77.4 Å². The molecule has 0 aliphatic carbocycles. The highest BCUT2D eigenvalue weighted by atomic mass is 16.7. The first-order valence-electron chi connectivity index (χ1n) is 9.47. The lowest BCUT2D eigenvalue weighted by Crippen LogP contribution is -2.45. The fourth-order valence-corrected chi connectivity index (χ4v) is 3.29. The third-order valence-electron chi connectivity index (χ3n) is 4.74. The second-order valence-electron chi connectivity index (χ2n) is 6.99. The molecule has 4 rings (SSSR count). The molecular formula is C23H21NO5. The Balaban J connectivity index is 1.48. The third kappa shape index (κ3) is 4.50. The molecule has 2 aromatic carbocycles. The van der Waals surface area contributed by atoms with Gasteiger partial charge in [-0.3, -0.25) is 9.79 Å². The second-order valence-corrected chi connectivity index (χ2v) is 6.99. The van der Waals surface area contributed by atoms with E-state index in [4.69, 9.17) is 14.2 Å². The van der Waals surface area contributed by atoms with E-state index in [1.54, 1.807) is 25.1 Å². The number of esters is 1. The van der Waals surface area contributed by atoms with Gasteiger partial charge in [0.2, 0.25) is 0 Å². The molecule has 2 heterocycles. The first-order valence-corrected chi connectivity index (χ1v) is 9.47. The van der Waals surface area contributed by atoms with Gasteiger partial charge in [-0.05, 0) is 13.0 Å². The number of carbonyl (C=O) groups is 2. The Kier molecular flexibility index (Phi) is 5.64. The van der Waals surface area contributed by atoms with E-state index < -0.39 is 24.5 Å². The van der Waals surface area contributed by atoms with Crippen LogP contribution in [-0.2, 0) is 19.0 Å². The summed E-state index contributed by atoms with van der Waals surface area (Å²) in [4.78, 5) is 29.0. The number of hydrogen-bond donors (Lipinski definition) is 0. The summed E-state index contributed by atoms with van der Waals surface area (Å²) in [6.07, 6.45) is 0.289. The molecule has 6 heteroatoms. The molecule has 0 spiro atoms. The molecule has 1 fully saturated rings. The molecule has 2 aliphatic rings. The smallest absolute Gasteiger partial charge is 0.357 e. The molecule has 0 bridgehead atoms. The number of Topliss-reactive ketones (excluding diaryl/α,β-unsaturated/α-hetero) is 1. The number of fused-ring (bicyclic) bond motifs is 1. The van der Waals surface area contributed by atoms with E-state index in [0.29, 0.717) is 11.3 Å². The summed E-state index contributed by atoms with van der Waals surface area (Å²) in [6, 6.07) is 18.6. The fourth-order valence-electron chi connectivity index (χ4n) is 3.29. The summed E-state index contributed by atoms with van der Waals surface area (Å²) in [5, 5.41) is 0. The highest BCUT2D eigenvalue weighted by molar-refractivity contribution is 6.10. The summed E-state index contributed by atoms with van der Waals surface area (Å²) in [6.45, 7) is 1.97. The van der Waals surface area contributed by atoms with Crippen molar-refractivity contribution in [1.29, 1.82) is 0 Å². The highest BCUT2D eigenvalue weighted by Gasteiger charge is 2.38. The monoisotopic (exact) mass is 391 g/mol. The molecule has 2 aromatic rings. The summed E-state index contributed by atoms with van der Waals surface area (Å²) in [7, 11) is 0. The Bertz CT molecular complexity index is 952. The third-order valence-corrected chi connectivity index (χ3v) is 4.74. The maximum Gasteiger partial charge on any atom is 0.357 e. The van der Waals surface area contributed by atoms with Gasteiger partial charge < -0.3 is 14.2 Å². The van der Waals surface area contributed by atoms with Crippen molar-refractivity contribution in [3.63, 3.8) is 0 Å². The van der Waals surface area contributed by atoms with Crippen LogP contribution in [-0.4, -0.2) is 36.3 Å². The maximum atomic E-state index is 12.3. The van der Waals surface area contributed by atoms with Crippen molar-refractivity contribution in [3.05, 3.63) is 83.6 Å². The first-order chi connectivity index (χ1) is 14.1. The van der Waals surface area contributed by atoms with Gasteiger partial charge in [-0.2, -0.15) is 0 Å². The Hall–Kier alpha value is -3.09. The van der Waals surface area contributed by atoms with Gasteiger partial charge in [-0.1, -0.05) is 60.7 Å². The van der Waals surface area contributed by atoms with Crippen molar-refractivity contribution in [2.45, 2.75) is 31.8 Å². The molecule has 0 amide bonds. The normalized spacial score (nSPS) is 24.3. The predicted octanol–water partition coefficient (Wildman–Crippen LogP) is 3.64. The highest BCUT2D eigenvalue weighted by Crippen LogP contribution is 2.31. The molecule has 0 aromatic heterocycles. The van der Waals surface area contributed by atoms with Crippen LogP contribution < -0.4 is 0 Å². The van der Waals surface area contributed by atoms with Crippen LogP contribution in [0.5, 0.6) is 0 Å².